The Kier molecular flexibility index (Phi) is 5.24. The maximum Gasteiger partial charge on any atom is 0.276 e. The summed E-state index contributed by atoms with van der Waals surface area (Å²) in [6, 6.07) is 13.6. The molecule has 0 bridgehead atoms. The third-order valence-corrected chi connectivity index (χ3v) is 7.47. The van der Waals surface area contributed by atoms with Gasteiger partial charge in [-0.3, -0.25) is 4.79 Å². The van der Waals surface area contributed by atoms with E-state index < -0.39 is 10.0 Å². The fourth-order valence-electron chi connectivity index (χ4n) is 3.75. The minimum atomic E-state index is -3.81. The van der Waals surface area contributed by atoms with Crippen molar-refractivity contribution in [3.8, 4) is 11.4 Å². The van der Waals surface area contributed by atoms with E-state index in [4.69, 9.17) is 16.0 Å². The second-order valence-electron chi connectivity index (χ2n) is 7.46. The maximum atomic E-state index is 13.0. The van der Waals surface area contributed by atoms with Crippen LogP contribution in [0.2, 0.25) is 5.02 Å². The standard InChI is InChI=1S/C22H19ClN4O4S/c23-18-5-6-19-17(13-18)14-20(31-19)32(29,30)27-11-9-26(10-12-27)22(28)16-3-1-15(2-4-16)21-24-7-8-25-21/h1-8,13-14H,9-12H2,(H,24,25). The third kappa shape index (κ3) is 3.79. The molecule has 1 fully saturated rings. The van der Waals surface area contributed by atoms with Gasteiger partial charge < -0.3 is 14.3 Å². The van der Waals surface area contributed by atoms with Crippen molar-refractivity contribution in [3.05, 3.63) is 71.5 Å². The van der Waals surface area contributed by atoms with Crippen molar-refractivity contribution < 1.29 is 17.6 Å². The lowest BCUT2D eigenvalue weighted by atomic mass is 10.1. The molecule has 0 unspecified atom stereocenters. The average Bonchev–Trinajstić information content (AvgIpc) is 3.49. The van der Waals surface area contributed by atoms with Crippen molar-refractivity contribution in [2.45, 2.75) is 5.09 Å². The predicted octanol–water partition coefficient (Wildman–Crippen LogP) is 3.62. The molecule has 0 aliphatic carbocycles. The van der Waals surface area contributed by atoms with Gasteiger partial charge in [0, 0.05) is 66.2 Å². The number of piperazine rings is 1. The fraction of sp³-hybridized carbons (Fsp3) is 0.182. The Morgan fingerprint density at radius 1 is 1.03 bits per heavy atom. The van der Waals surface area contributed by atoms with E-state index in [1.54, 1.807) is 47.6 Å². The Morgan fingerprint density at radius 2 is 1.78 bits per heavy atom. The van der Waals surface area contributed by atoms with Crippen LogP contribution in [-0.2, 0) is 10.0 Å². The van der Waals surface area contributed by atoms with Crippen LogP contribution in [0.1, 0.15) is 10.4 Å². The number of benzene rings is 2. The number of hydrogen-bond donors (Lipinski definition) is 1. The lowest BCUT2D eigenvalue weighted by molar-refractivity contribution is 0.0697. The van der Waals surface area contributed by atoms with E-state index in [9.17, 15) is 13.2 Å². The van der Waals surface area contributed by atoms with Gasteiger partial charge >= 0.3 is 0 Å². The minimum Gasteiger partial charge on any atom is -0.443 e. The van der Waals surface area contributed by atoms with Crippen molar-refractivity contribution in [2.75, 3.05) is 26.2 Å². The molecule has 8 nitrogen and oxygen atoms in total. The second kappa shape index (κ2) is 8.09. The number of nitrogens with one attached hydrogen (secondary N) is 1. The largest absolute Gasteiger partial charge is 0.443 e. The van der Waals surface area contributed by atoms with Crippen LogP contribution < -0.4 is 0 Å². The van der Waals surface area contributed by atoms with Crippen molar-refractivity contribution in [3.63, 3.8) is 0 Å². The molecule has 164 valence electrons. The highest BCUT2D eigenvalue weighted by atomic mass is 35.5. The lowest BCUT2D eigenvalue weighted by Crippen LogP contribution is -2.50. The molecule has 1 aliphatic heterocycles. The van der Waals surface area contributed by atoms with Crippen molar-refractivity contribution in [1.29, 1.82) is 0 Å². The molecule has 1 amide bonds. The molecule has 32 heavy (non-hydrogen) atoms. The van der Waals surface area contributed by atoms with E-state index in [0.29, 0.717) is 34.6 Å². The average molecular weight is 471 g/mol. The van der Waals surface area contributed by atoms with Gasteiger partial charge in [0.1, 0.15) is 11.4 Å². The van der Waals surface area contributed by atoms with E-state index in [1.165, 1.54) is 10.4 Å². The highest BCUT2D eigenvalue weighted by Crippen LogP contribution is 2.28. The van der Waals surface area contributed by atoms with E-state index in [2.05, 4.69) is 9.97 Å². The smallest absolute Gasteiger partial charge is 0.276 e. The normalized spacial score (nSPS) is 15.3. The maximum absolute atomic E-state index is 13.0. The highest BCUT2D eigenvalue weighted by molar-refractivity contribution is 7.89. The zero-order valence-corrected chi connectivity index (χ0v) is 18.4. The number of rotatable bonds is 4. The first-order valence-corrected chi connectivity index (χ1v) is 11.8. The molecule has 5 rings (SSSR count). The van der Waals surface area contributed by atoms with Crippen molar-refractivity contribution in [2.24, 2.45) is 0 Å². The molecule has 10 heteroatoms. The summed E-state index contributed by atoms with van der Waals surface area (Å²) >= 11 is 5.98. The molecule has 2 aromatic heterocycles. The summed E-state index contributed by atoms with van der Waals surface area (Å²) < 4.78 is 32.9. The second-order valence-corrected chi connectivity index (χ2v) is 9.76. The van der Waals surface area contributed by atoms with E-state index in [0.717, 1.165) is 11.4 Å². The zero-order chi connectivity index (χ0) is 22.3. The molecule has 2 aromatic carbocycles. The van der Waals surface area contributed by atoms with Crippen LogP contribution in [0, 0.1) is 0 Å². The number of aromatic nitrogens is 2. The fourth-order valence-corrected chi connectivity index (χ4v) is 5.30. The Labute approximate surface area is 189 Å². The first-order valence-electron chi connectivity index (χ1n) is 10.0. The first kappa shape index (κ1) is 20.7. The number of aromatic amines is 1. The summed E-state index contributed by atoms with van der Waals surface area (Å²) in [4.78, 5) is 21.8. The van der Waals surface area contributed by atoms with E-state index >= 15 is 0 Å². The van der Waals surface area contributed by atoms with Gasteiger partial charge in [0.15, 0.2) is 0 Å². The van der Waals surface area contributed by atoms with Crippen LogP contribution in [0.3, 0.4) is 0 Å². The quantitative estimate of drug-likeness (QED) is 0.491. The summed E-state index contributed by atoms with van der Waals surface area (Å²) in [5, 5.41) is 1.01. The zero-order valence-electron chi connectivity index (χ0n) is 16.9. The summed E-state index contributed by atoms with van der Waals surface area (Å²) in [5.74, 6) is 0.599. The summed E-state index contributed by atoms with van der Waals surface area (Å²) in [6.45, 7) is 0.973. The third-order valence-electron chi connectivity index (χ3n) is 5.48. The molecular formula is C22H19ClN4O4S. The molecule has 4 aromatic rings. The van der Waals surface area contributed by atoms with Gasteiger partial charge in [-0.25, -0.2) is 13.4 Å². The highest BCUT2D eigenvalue weighted by Gasteiger charge is 2.32. The predicted molar refractivity (Wildman–Crippen MR) is 120 cm³/mol. The Morgan fingerprint density at radius 3 is 2.47 bits per heavy atom. The van der Waals surface area contributed by atoms with Crippen LogP contribution in [0.5, 0.6) is 0 Å². The number of halogens is 1. The molecule has 1 aliphatic rings. The minimum absolute atomic E-state index is 0.122. The molecular weight excluding hydrogens is 452 g/mol. The molecule has 1 N–H and O–H groups in total. The molecule has 0 radical (unpaired) electrons. The Bertz CT molecular complexity index is 1370. The van der Waals surface area contributed by atoms with E-state index in [1.807, 2.05) is 12.1 Å². The summed E-state index contributed by atoms with van der Waals surface area (Å²) in [5.41, 5.74) is 1.89. The number of carbonyl (C=O) groups excluding carboxylic acids is 1. The number of fused-ring (bicyclic) bond motifs is 1. The number of nitrogens with zero attached hydrogens (tertiary/aromatic N) is 3. The number of furan rings is 1. The number of amides is 1. The SMILES string of the molecule is O=C(c1ccc(-c2ncc[nH]2)cc1)N1CCN(S(=O)(=O)c2cc3cc(Cl)ccc3o2)CC1. The number of imidazole rings is 1. The molecule has 0 saturated carbocycles. The summed E-state index contributed by atoms with van der Waals surface area (Å²) in [7, 11) is -3.81. The van der Waals surface area contributed by atoms with Crippen LogP contribution >= 0.6 is 11.6 Å². The van der Waals surface area contributed by atoms with Gasteiger partial charge in [-0.2, -0.15) is 4.31 Å². The van der Waals surface area contributed by atoms with Crippen molar-refractivity contribution >= 4 is 38.5 Å². The molecule has 0 spiro atoms. The summed E-state index contributed by atoms with van der Waals surface area (Å²) in [6.07, 6.45) is 3.41. The number of hydrogen-bond acceptors (Lipinski definition) is 5. The monoisotopic (exact) mass is 470 g/mol. The van der Waals surface area contributed by atoms with Gasteiger partial charge in [0.05, 0.1) is 0 Å². The van der Waals surface area contributed by atoms with Gasteiger partial charge in [-0.15, -0.1) is 0 Å². The van der Waals surface area contributed by atoms with Gasteiger partial charge in [-0.1, -0.05) is 23.7 Å². The number of carbonyl (C=O) groups is 1. The topological polar surface area (TPSA) is 99.5 Å². The number of H-pyrrole nitrogens is 1. The van der Waals surface area contributed by atoms with Gasteiger partial charge in [0.25, 0.3) is 15.9 Å². The Balaban J connectivity index is 1.27. The number of sulfonamides is 1. The van der Waals surface area contributed by atoms with Crippen LogP contribution in [0.15, 0.2) is 70.4 Å². The lowest BCUT2D eigenvalue weighted by Gasteiger charge is -2.33. The van der Waals surface area contributed by atoms with Crippen molar-refractivity contribution in [1.82, 2.24) is 19.2 Å². The van der Waals surface area contributed by atoms with Crippen LogP contribution in [0.4, 0.5) is 0 Å². The molecule has 3 heterocycles. The first-order chi connectivity index (χ1) is 15.4. The van der Waals surface area contributed by atoms with E-state index in [-0.39, 0.29) is 24.1 Å². The van der Waals surface area contributed by atoms with Gasteiger partial charge in [-0.05, 0) is 30.3 Å². The molecule has 1 saturated heterocycles. The molecule has 0 atom stereocenters. The van der Waals surface area contributed by atoms with Gasteiger partial charge in [0.2, 0.25) is 5.09 Å². The van der Waals surface area contributed by atoms with Crippen LogP contribution in [-0.4, -0.2) is 59.7 Å². The Hall–Kier alpha value is -3.14. The van der Waals surface area contributed by atoms with Crippen LogP contribution in [0.25, 0.3) is 22.4 Å².